The molecule has 0 radical (unpaired) electrons. The molecular formula is C23H39N7O. The number of anilines is 1. The summed E-state index contributed by atoms with van der Waals surface area (Å²) in [6, 6.07) is 10.6. The molecule has 0 saturated heterocycles. The van der Waals surface area contributed by atoms with Gasteiger partial charge in [0.25, 0.3) is 0 Å². The van der Waals surface area contributed by atoms with Crippen molar-refractivity contribution >= 4 is 11.6 Å². The lowest BCUT2D eigenvalue weighted by Crippen LogP contribution is -2.40. The maximum Gasteiger partial charge on any atom is 0.191 e. The van der Waals surface area contributed by atoms with Crippen molar-refractivity contribution < 1.29 is 4.74 Å². The average Bonchev–Trinajstić information content (AvgIpc) is 3.26. The monoisotopic (exact) mass is 429 g/mol. The van der Waals surface area contributed by atoms with Gasteiger partial charge < -0.3 is 24.8 Å². The molecule has 0 atom stereocenters. The summed E-state index contributed by atoms with van der Waals surface area (Å²) in [6.07, 6.45) is 4.62. The van der Waals surface area contributed by atoms with Crippen LogP contribution in [0.4, 0.5) is 5.69 Å². The van der Waals surface area contributed by atoms with Crippen molar-refractivity contribution in [1.29, 1.82) is 0 Å². The predicted molar refractivity (Wildman–Crippen MR) is 128 cm³/mol. The van der Waals surface area contributed by atoms with Gasteiger partial charge in [0.05, 0.1) is 0 Å². The topological polar surface area (TPSA) is 79.6 Å². The van der Waals surface area contributed by atoms with Gasteiger partial charge >= 0.3 is 0 Å². The molecule has 2 rings (SSSR count). The lowest BCUT2D eigenvalue weighted by Gasteiger charge is -2.22. The predicted octanol–water partition coefficient (Wildman–Crippen LogP) is 2.72. The number of rotatable bonds is 15. The summed E-state index contributed by atoms with van der Waals surface area (Å²) in [7, 11) is 0. The van der Waals surface area contributed by atoms with Crippen LogP contribution in [0, 0.1) is 0 Å². The van der Waals surface area contributed by atoms with Crippen LogP contribution in [0.2, 0.25) is 0 Å². The number of nitrogens with one attached hydrogen (secondary N) is 2. The molecule has 8 nitrogen and oxygen atoms in total. The fourth-order valence-corrected chi connectivity index (χ4v) is 3.29. The van der Waals surface area contributed by atoms with Gasteiger partial charge in [-0.3, -0.25) is 4.99 Å². The summed E-state index contributed by atoms with van der Waals surface area (Å²) in [5.41, 5.74) is 1.27. The van der Waals surface area contributed by atoms with E-state index in [1.807, 2.05) is 6.92 Å². The quantitative estimate of drug-likeness (QED) is 0.257. The Balaban J connectivity index is 1.81. The van der Waals surface area contributed by atoms with Crippen molar-refractivity contribution in [3.05, 3.63) is 42.5 Å². The Hall–Kier alpha value is -2.61. The molecule has 0 aliphatic carbocycles. The second-order valence-corrected chi connectivity index (χ2v) is 7.20. The Morgan fingerprint density at radius 1 is 1.10 bits per heavy atom. The molecule has 2 aromatic rings. The number of hydrogen-bond donors (Lipinski definition) is 2. The molecule has 0 aliphatic heterocycles. The SMILES string of the molecule is CCOCCCNC(=NCCCN(CC)c1ccccc1)NCCn1cnnc1CC. The highest BCUT2D eigenvalue weighted by Crippen LogP contribution is 2.12. The maximum absolute atomic E-state index is 5.43. The molecule has 0 bridgehead atoms. The van der Waals surface area contributed by atoms with Gasteiger partial charge in [-0.05, 0) is 38.8 Å². The van der Waals surface area contributed by atoms with E-state index in [2.05, 4.69) is 74.5 Å². The van der Waals surface area contributed by atoms with Crippen LogP contribution in [0.1, 0.15) is 39.4 Å². The summed E-state index contributed by atoms with van der Waals surface area (Å²) in [5.74, 6) is 1.86. The normalized spacial score (nSPS) is 11.5. The van der Waals surface area contributed by atoms with E-state index < -0.39 is 0 Å². The van der Waals surface area contributed by atoms with Crippen LogP contribution < -0.4 is 15.5 Å². The Morgan fingerprint density at radius 3 is 2.65 bits per heavy atom. The van der Waals surface area contributed by atoms with Crippen molar-refractivity contribution in [2.75, 3.05) is 50.8 Å². The summed E-state index contributed by atoms with van der Waals surface area (Å²) in [5, 5.41) is 15.0. The minimum Gasteiger partial charge on any atom is -0.382 e. The van der Waals surface area contributed by atoms with Crippen molar-refractivity contribution in [2.24, 2.45) is 4.99 Å². The van der Waals surface area contributed by atoms with E-state index in [1.165, 1.54) is 5.69 Å². The minimum absolute atomic E-state index is 0.757. The van der Waals surface area contributed by atoms with Crippen molar-refractivity contribution in [1.82, 2.24) is 25.4 Å². The first-order chi connectivity index (χ1) is 15.3. The number of guanidine groups is 1. The van der Waals surface area contributed by atoms with Gasteiger partial charge in [-0.1, -0.05) is 25.1 Å². The lowest BCUT2D eigenvalue weighted by atomic mass is 10.2. The number of aliphatic imine (C=N–C) groups is 1. The van der Waals surface area contributed by atoms with E-state index in [-0.39, 0.29) is 0 Å². The molecule has 31 heavy (non-hydrogen) atoms. The van der Waals surface area contributed by atoms with Crippen LogP contribution in [0.3, 0.4) is 0 Å². The number of nitrogens with zero attached hydrogens (tertiary/aromatic N) is 5. The zero-order chi connectivity index (χ0) is 22.2. The van der Waals surface area contributed by atoms with E-state index in [4.69, 9.17) is 9.73 Å². The summed E-state index contributed by atoms with van der Waals surface area (Å²) in [4.78, 5) is 7.17. The van der Waals surface area contributed by atoms with Gasteiger partial charge in [0, 0.05) is 64.6 Å². The molecule has 0 spiro atoms. The van der Waals surface area contributed by atoms with E-state index in [0.29, 0.717) is 0 Å². The highest BCUT2D eigenvalue weighted by molar-refractivity contribution is 5.79. The third-order valence-corrected chi connectivity index (χ3v) is 4.98. The van der Waals surface area contributed by atoms with Crippen LogP contribution in [0.15, 0.2) is 41.7 Å². The molecule has 8 heteroatoms. The zero-order valence-electron chi connectivity index (χ0n) is 19.4. The van der Waals surface area contributed by atoms with Crippen molar-refractivity contribution in [2.45, 2.75) is 46.6 Å². The number of ether oxygens (including phenoxy) is 1. The average molecular weight is 430 g/mol. The van der Waals surface area contributed by atoms with Gasteiger partial charge in [0.1, 0.15) is 12.2 Å². The van der Waals surface area contributed by atoms with Gasteiger partial charge in [0.15, 0.2) is 5.96 Å². The van der Waals surface area contributed by atoms with Crippen LogP contribution in [0.25, 0.3) is 0 Å². The first-order valence-corrected chi connectivity index (χ1v) is 11.5. The van der Waals surface area contributed by atoms with Crippen molar-refractivity contribution in [3.63, 3.8) is 0 Å². The Kier molecular flexibility index (Phi) is 12.1. The molecule has 2 N–H and O–H groups in total. The minimum atomic E-state index is 0.757. The molecule has 0 fully saturated rings. The van der Waals surface area contributed by atoms with Crippen LogP contribution >= 0.6 is 0 Å². The number of aromatic nitrogens is 3. The molecule has 0 aliphatic rings. The summed E-state index contributed by atoms with van der Waals surface area (Å²) >= 11 is 0. The van der Waals surface area contributed by atoms with Crippen LogP contribution in [0.5, 0.6) is 0 Å². The van der Waals surface area contributed by atoms with E-state index in [0.717, 1.165) is 83.5 Å². The molecule has 1 aromatic heterocycles. The number of aryl methyl sites for hydroxylation is 1. The second kappa shape index (κ2) is 15.2. The largest absolute Gasteiger partial charge is 0.382 e. The van der Waals surface area contributed by atoms with Crippen molar-refractivity contribution in [3.8, 4) is 0 Å². The lowest BCUT2D eigenvalue weighted by molar-refractivity contribution is 0.145. The third-order valence-electron chi connectivity index (χ3n) is 4.98. The number of hydrogen-bond acceptors (Lipinski definition) is 5. The van der Waals surface area contributed by atoms with Gasteiger partial charge in [-0.25, -0.2) is 0 Å². The van der Waals surface area contributed by atoms with Crippen LogP contribution in [-0.2, 0) is 17.7 Å². The smallest absolute Gasteiger partial charge is 0.191 e. The Morgan fingerprint density at radius 2 is 1.90 bits per heavy atom. The highest BCUT2D eigenvalue weighted by atomic mass is 16.5. The fraction of sp³-hybridized carbons (Fsp3) is 0.609. The molecule has 1 aromatic carbocycles. The first-order valence-electron chi connectivity index (χ1n) is 11.5. The maximum atomic E-state index is 5.43. The standard InChI is InChI=1S/C23H39N7O/c1-4-22-28-27-20-30(22)18-16-26-23(25-15-11-19-31-6-3)24-14-10-17-29(5-2)21-12-8-7-9-13-21/h7-9,12-13,20H,4-6,10-11,14-19H2,1-3H3,(H2,24,25,26). The van der Waals surface area contributed by atoms with Gasteiger partial charge in [-0.2, -0.15) is 0 Å². The molecule has 0 unspecified atom stereocenters. The summed E-state index contributed by atoms with van der Waals surface area (Å²) in [6.45, 7) is 13.0. The molecular weight excluding hydrogens is 390 g/mol. The molecule has 172 valence electrons. The van der Waals surface area contributed by atoms with E-state index in [9.17, 15) is 0 Å². The van der Waals surface area contributed by atoms with E-state index >= 15 is 0 Å². The number of para-hydroxylation sites is 1. The molecule has 1 heterocycles. The molecule has 0 saturated carbocycles. The highest BCUT2D eigenvalue weighted by Gasteiger charge is 2.05. The Bertz CT molecular complexity index is 733. The zero-order valence-corrected chi connectivity index (χ0v) is 19.4. The fourth-order valence-electron chi connectivity index (χ4n) is 3.29. The molecule has 0 amide bonds. The third kappa shape index (κ3) is 9.38. The van der Waals surface area contributed by atoms with Gasteiger partial charge in [0.2, 0.25) is 0 Å². The van der Waals surface area contributed by atoms with E-state index in [1.54, 1.807) is 6.33 Å². The van der Waals surface area contributed by atoms with Crippen LogP contribution in [-0.4, -0.2) is 66.7 Å². The first kappa shape index (κ1) is 24.7. The van der Waals surface area contributed by atoms with Gasteiger partial charge in [-0.15, -0.1) is 10.2 Å². The Labute approximate surface area is 187 Å². The second-order valence-electron chi connectivity index (χ2n) is 7.20. The summed E-state index contributed by atoms with van der Waals surface area (Å²) < 4.78 is 7.51. The number of benzene rings is 1.